The summed E-state index contributed by atoms with van der Waals surface area (Å²) in [5.74, 6) is 0.833. The minimum Gasteiger partial charge on any atom is -0.490 e. The second-order valence-corrected chi connectivity index (χ2v) is 5.55. The van der Waals surface area contributed by atoms with Crippen LogP contribution in [0, 0.1) is 5.82 Å². The maximum Gasteiger partial charge on any atom is 0.175 e. The summed E-state index contributed by atoms with van der Waals surface area (Å²) in [6, 6.07) is 9.75. The smallest absolute Gasteiger partial charge is 0.175 e. The lowest BCUT2D eigenvalue weighted by molar-refractivity contribution is 0.288. The van der Waals surface area contributed by atoms with Crippen molar-refractivity contribution in [2.45, 2.75) is 13.8 Å². The summed E-state index contributed by atoms with van der Waals surface area (Å²) in [7, 11) is 0. The summed E-state index contributed by atoms with van der Waals surface area (Å²) < 4.78 is 24.3. The maximum atomic E-state index is 13.2. The van der Waals surface area contributed by atoms with E-state index in [1.807, 2.05) is 26.0 Å². The van der Waals surface area contributed by atoms with Gasteiger partial charge in [-0.15, -0.1) is 0 Å². The van der Waals surface area contributed by atoms with Crippen molar-refractivity contribution in [3.8, 4) is 11.5 Å². The van der Waals surface area contributed by atoms with Crippen molar-refractivity contribution < 1.29 is 13.9 Å². The molecule has 0 aliphatic rings. The van der Waals surface area contributed by atoms with E-state index in [1.54, 1.807) is 12.1 Å². The highest BCUT2D eigenvalue weighted by Crippen LogP contribution is 2.30. The number of ether oxygens (including phenoxy) is 2. The summed E-state index contributed by atoms with van der Waals surface area (Å²) >= 11 is 11.0. The van der Waals surface area contributed by atoms with Gasteiger partial charge in [-0.25, -0.2) is 4.39 Å². The molecule has 0 amide bonds. The van der Waals surface area contributed by atoms with E-state index >= 15 is 0 Å². The van der Waals surface area contributed by atoms with Crippen molar-refractivity contribution in [1.29, 1.82) is 0 Å². The van der Waals surface area contributed by atoms with Crippen LogP contribution in [-0.4, -0.2) is 18.3 Å². The van der Waals surface area contributed by atoms with Crippen molar-refractivity contribution in [3.05, 3.63) is 47.2 Å². The van der Waals surface area contributed by atoms with Crippen LogP contribution in [0.3, 0.4) is 0 Å². The molecule has 2 aromatic carbocycles. The largest absolute Gasteiger partial charge is 0.490 e. The van der Waals surface area contributed by atoms with Gasteiger partial charge in [-0.1, -0.05) is 11.6 Å². The molecule has 2 aromatic rings. The fourth-order valence-corrected chi connectivity index (χ4v) is 2.41. The predicted octanol–water partition coefficient (Wildman–Crippen LogP) is 5.09. The van der Waals surface area contributed by atoms with Gasteiger partial charge in [0.25, 0.3) is 0 Å². The molecule has 24 heavy (non-hydrogen) atoms. The van der Waals surface area contributed by atoms with Gasteiger partial charge >= 0.3 is 0 Å². The summed E-state index contributed by atoms with van der Waals surface area (Å²) in [6.07, 6.45) is 0. The summed E-state index contributed by atoms with van der Waals surface area (Å²) in [6.45, 7) is 4.90. The third kappa shape index (κ3) is 4.97. The number of hydrogen-bond acceptors (Lipinski definition) is 3. The second kappa shape index (κ2) is 8.70. The molecule has 0 aliphatic carbocycles. The number of benzene rings is 2. The zero-order chi connectivity index (χ0) is 17.5. The summed E-state index contributed by atoms with van der Waals surface area (Å²) in [5, 5.41) is 6.37. The molecule has 0 atom stereocenters. The van der Waals surface area contributed by atoms with Gasteiger partial charge in [-0.2, -0.15) is 0 Å². The van der Waals surface area contributed by atoms with Gasteiger partial charge in [-0.3, -0.25) is 0 Å². The first-order valence-electron chi connectivity index (χ1n) is 7.46. The predicted molar refractivity (Wildman–Crippen MR) is 100 cm³/mol. The van der Waals surface area contributed by atoms with Crippen LogP contribution in [0.25, 0.3) is 0 Å². The van der Waals surface area contributed by atoms with Crippen LogP contribution in [-0.2, 0) is 0 Å². The van der Waals surface area contributed by atoms with Crippen molar-refractivity contribution >= 4 is 40.3 Å². The molecule has 7 heteroatoms. The Morgan fingerprint density at radius 3 is 2.21 bits per heavy atom. The van der Waals surface area contributed by atoms with E-state index in [1.165, 1.54) is 12.1 Å². The van der Waals surface area contributed by atoms with E-state index in [9.17, 15) is 4.39 Å². The van der Waals surface area contributed by atoms with Crippen LogP contribution in [0.5, 0.6) is 11.5 Å². The molecule has 2 rings (SSSR count). The Morgan fingerprint density at radius 1 is 1.00 bits per heavy atom. The molecular formula is C17H18ClFN2O2S. The van der Waals surface area contributed by atoms with Gasteiger partial charge < -0.3 is 20.1 Å². The molecule has 0 radical (unpaired) electrons. The molecule has 0 heterocycles. The molecule has 0 fully saturated rings. The van der Waals surface area contributed by atoms with Crippen LogP contribution < -0.4 is 20.1 Å². The molecule has 0 aliphatic heterocycles. The van der Waals surface area contributed by atoms with Gasteiger partial charge in [0, 0.05) is 17.4 Å². The topological polar surface area (TPSA) is 42.5 Å². The molecule has 4 nitrogen and oxygen atoms in total. The third-order valence-electron chi connectivity index (χ3n) is 2.98. The molecule has 2 N–H and O–H groups in total. The first-order chi connectivity index (χ1) is 11.5. The Hall–Kier alpha value is -2.05. The van der Waals surface area contributed by atoms with Crippen LogP contribution in [0.15, 0.2) is 36.4 Å². The highest BCUT2D eigenvalue weighted by Gasteiger charge is 2.08. The van der Waals surface area contributed by atoms with Gasteiger partial charge in [0.05, 0.1) is 18.2 Å². The number of anilines is 2. The number of halogens is 2. The number of rotatable bonds is 6. The molecule has 128 valence electrons. The van der Waals surface area contributed by atoms with E-state index in [0.29, 0.717) is 35.5 Å². The Kier molecular flexibility index (Phi) is 6.63. The second-order valence-electron chi connectivity index (χ2n) is 4.74. The van der Waals surface area contributed by atoms with Crippen molar-refractivity contribution in [1.82, 2.24) is 0 Å². The quantitative estimate of drug-likeness (QED) is 0.695. The molecule has 0 unspecified atom stereocenters. The first kappa shape index (κ1) is 18.3. The van der Waals surface area contributed by atoms with E-state index in [-0.39, 0.29) is 5.02 Å². The summed E-state index contributed by atoms with van der Waals surface area (Å²) in [5.41, 5.74) is 1.34. The number of thiocarbonyl (C=S) groups is 1. The molecule has 0 bridgehead atoms. The van der Waals surface area contributed by atoms with Gasteiger partial charge in [0.15, 0.2) is 16.6 Å². The van der Waals surface area contributed by atoms with Crippen LogP contribution >= 0.6 is 23.8 Å². The molecule has 0 saturated carbocycles. The fourth-order valence-electron chi connectivity index (χ4n) is 2.00. The Balaban J connectivity index is 2.07. The Morgan fingerprint density at radius 2 is 1.58 bits per heavy atom. The van der Waals surface area contributed by atoms with Gasteiger partial charge in [0.1, 0.15) is 5.82 Å². The molecule has 0 aromatic heterocycles. The summed E-state index contributed by atoms with van der Waals surface area (Å²) in [4.78, 5) is 0. The maximum absolute atomic E-state index is 13.2. The lowest BCUT2D eigenvalue weighted by atomic mass is 10.2. The zero-order valence-electron chi connectivity index (χ0n) is 13.4. The van der Waals surface area contributed by atoms with Crippen LogP contribution in [0.4, 0.5) is 15.8 Å². The Labute approximate surface area is 150 Å². The van der Waals surface area contributed by atoms with Gasteiger partial charge in [-0.05, 0) is 56.4 Å². The highest BCUT2D eigenvalue weighted by molar-refractivity contribution is 7.80. The lowest BCUT2D eigenvalue weighted by Gasteiger charge is -2.14. The SMILES string of the molecule is CCOc1ccc(NC(=S)Nc2ccc(F)c(Cl)c2)cc1OCC. The minimum absolute atomic E-state index is 0.0301. The zero-order valence-corrected chi connectivity index (χ0v) is 14.9. The van der Waals surface area contributed by atoms with Crippen LogP contribution in [0.1, 0.15) is 13.8 Å². The number of hydrogen-bond donors (Lipinski definition) is 2. The van der Waals surface area contributed by atoms with E-state index in [4.69, 9.17) is 33.3 Å². The molecular weight excluding hydrogens is 351 g/mol. The fraction of sp³-hybridized carbons (Fsp3) is 0.235. The normalized spacial score (nSPS) is 10.2. The monoisotopic (exact) mass is 368 g/mol. The minimum atomic E-state index is -0.478. The average Bonchev–Trinajstić information content (AvgIpc) is 2.54. The Bertz CT molecular complexity index is 728. The highest BCUT2D eigenvalue weighted by atomic mass is 35.5. The van der Waals surface area contributed by atoms with Crippen molar-refractivity contribution in [3.63, 3.8) is 0 Å². The molecule has 0 spiro atoms. The average molecular weight is 369 g/mol. The van der Waals surface area contributed by atoms with E-state index in [2.05, 4.69) is 10.6 Å². The van der Waals surface area contributed by atoms with E-state index in [0.717, 1.165) is 5.69 Å². The van der Waals surface area contributed by atoms with Crippen molar-refractivity contribution in [2.75, 3.05) is 23.8 Å². The third-order valence-corrected chi connectivity index (χ3v) is 3.47. The van der Waals surface area contributed by atoms with Crippen LogP contribution in [0.2, 0.25) is 5.02 Å². The van der Waals surface area contributed by atoms with E-state index < -0.39 is 5.82 Å². The van der Waals surface area contributed by atoms with Crippen molar-refractivity contribution in [2.24, 2.45) is 0 Å². The number of nitrogens with one attached hydrogen (secondary N) is 2. The molecule has 0 saturated heterocycles. The first-order valence-corrected chi connectivity index (χ1v) is 8.24. The van der Waals surface area contributed by atoms with Gasteiger partial charge in [0.2, 0.25) is 0 Å². The standard InChI is InChI=1S/C17H18ClFN2O2S/c1-3-22-15-8-6-12(10-16(15)23-4-2)21-17(24)20-11-5-7-14(19)13(18)9-11/h5-10H,3-4H2,1-2H3,(H2,20,21,24). The lowest BCUT2D eigenvalue weighted by Crippen LogP contribution is -2.19.